The summed E-state index contributed by atoms with van der Waals surface area (Å²) in [6.07, 6.45) is 0.165. The lowest BCUT2D eigenvalue weighted by Crippen LogP contribution is -2.46. The molecule has 2 rings (SSSR count). The fourth-order valence-electron chi connectivity index (χ4n) is 2.85. The largest absolute Gasteiger partial charge is 0.492 e. The minimum atomic E-state index is -0.825. The Bertz CT molecular complexity index is 867. The minimum absolute atomic E-state index is 0.165. The van der Waals surface area contributed by atoms with Crippen LogP contribution in [0.15, 0.2) is 54.6 Å². The summed E-state index contributed by atoms with van der Waals surface area (Å²) < 4.78 is 10.7. The Morgan fingerprint density at radius 3 is 2.39 bits per heavy atom. The highest BCUT2D eigenvalue weighted by atomic mass is 16.5. The van der Waals surface area contributed by atoms with Gasteiger partial charge in [0.05, 0.1) is 13.0 Å². The van der Waals surface area contributed by atoms with Crippen molar-refractivity contribution in [1.82, 2.24) is 10.6 Å². The predicted octanol–water partition coefficient (Wildman–Crippen LogP) is 2.42. The van der Waals surface area contributed by atoms with Gasteiger partial charge in [-0.25, -0.2) is 4.79 Å². The van der Waals surface area contributed by atoms with Crippen LogP contribution in [0.4, 0.5) is 0 Å². The van der Waals surface area contributed by atoms with Gasteiger partial charge in [-0.3, -0.25) is 9.59 Å². The fraction of sp³-hybridized carbons (Fsp3) is 0.375. The summed E-state index contributed by atoms with van der Waals surface area (Å²) in [5.41, 5.74) is 1.94. The zero-order valence-corrected chi connectivity index (χ0v) is 18.2. The Hall–Kier alpha value is -3.35. The van der Waals surface area contributed by atoms with Gasteiger partial charge < -0.3 is 20.1 Å². The molecule has 0 saturated carbocycles. The highest BCUT2D eigenvalue weighted by Crippen LogP contribution is 2.11. The second kappa shape index (κ2) is 12.4. The van der Waals surface area contributed by atoms with Crippen molar-refractivity contribution in [2.24, 2.45) is 5.92 Å². The molecule has 166 valence electrons. The molecule has 2 aromatic carbocycles. The standard InChI is InChI=1S/C24H30N2O5/c1-17(2)23(26-21(27)15-19-9-5-4-6-10-19)24(29)31-16-22(28)25-12-13-30-20-11-7-8-18(3)14-20/h4-11,14,17,23H,12-13,15-16H2,1-3H3,(H,25,28)(H,26,27)/t23-/m0/s1. The normalized spacial score (nSPS) is 11.5. The molecule has 0 aromatic heterocycles. The molecule has 0 aliphatic rings. The van der Waals surface area contributed by atoms with E-state index in [0.29, 0.717) is 6.61 Å². The number of hydrogen-bond donors (Lipinski definition) is 2. The van der Waals surface area contributed by atoms with Gasteiger partial charge in [-0.1, -0.05) is 56.3 Å². The van der Waals surface area contributed by atoms with Crippen LogP contribution >= 0.6 is 0 Å². The SMILES string of the molecule is Cc1cccc(OCCNC(=O)COC(=O)[C@@H](NC(=O)Cc2ccccc2)C(C)C)c1. The van der Waals surface area contributed by atoms with Gasteiger partial charge in [0.25, 0.3) is 5.91 Å². The summed E-state index contributed by atoms with van der Waals surface area (Å²) in [4.78, 5) is 36.6. The molecule has 0 aliphatic carbocycles. The Balaban J connectivity index is 1.71. The smallest absolute Gasteiger partial charge is 0.329 e. The van der Waals surface area contributed by atoms with Crippen molar-refractivity contribution >= 4 is 17.8 Å². The maximum absolute atomic E-state index is 12.4. The monoisotopic (exact) mass is 426 g/mol. The van der Waals surface area contributed by atoms with Crippen LogP contribution in [0.3, 0.4) is 0 Å². The molecule has 2 aromatic rings. The van der Waals surface area contributed by atoms with Crippen molar-refractivity contribution < 1.29 is 23.9 Å². The third kappa shape index (κ3) is 8.90. The molecule has 1 atom stereocenters. The third-order valence-electron chi connectivity index (χ3n) is 4.47. The van der Waals surface area contributed by atoms with E-state index in [-0.39, 0.29) is 24.8 Å². The number of nitrogens with one attached hydrogen (secondary N) is 2. The number of rotatable bonds is 11. The number of amides is 2. The first kappa shape index (κ1) is 23.9. The van der Waals surface area contributed by atoms with Gasteiger partial charge in [0, 0.05) is 0 Å². The van der Waals surface area contributed by atoms with Crippen LogP contribution in [0.2, 0.25) is 0 Å². The van der Waals surface area contributed by atoms with Crippen LogP contribution in [0.1, 0.15) is 25.0 Å². The summed E-state index contributed by atoms with van der Waals surface area (Å²) >= 11 is 0. The van der Waals surface area contributed by atoms with E-state index in [4.69, 9.17) is 9.47 Å². The Morgan fingerprint density at radius 1 is 0.968 bits per heavy atom. The average Bonchev–Trinajstić information content (AvgIpc) is 2.74. The zero-order chi connectivity index (χ0) is 22.6. The van der Waals surface area contributed by atoms with E-state index in [1.54, 1.807) is 13.8 Å². The summed E-state index contributed by atoms with van der Waals surface area (Å²) in [7, 11) is 0. The lowest BCUT2D eigenvalue weighted by molar-refractivity contribution is -0.152. The summed E-state index contributed by atoms with van der Waals surface area (Å²) in [6, 6.07) is 16.0. The average molecular weight is 427 g/mol. The van der Waals surface area contributed by atoms with E-state index >= 15 is 0 Å². The molecule has 0 fully saturated rings. The second-order valence-corrected chi connectivity index (χ2v) is 7.57. The number of carbonyl (C=O) groups is 3. The molecule has 0 radical (unpaired) electrons. The molecule has 0 bridgehead atoms. The van der Waals surface area contributed by atoms with Gasteiger partial charge in [0.2, 0.25) is 5.91 Å². The van der Waals surface area contributed by atoms with Crippen molar-refractivity contribution in [3.63, 3.8) is 0 Å². The Labute approximate surface area is 183 Å². The van der Waals surface area contributed by atoms with E-state index < -0.39 is 24.5 Å². The van der Waals surface area contributed by atoms with E-state index in [0.717, 1.165) is 16.9 Å². The maximum atomic E-state index is 12.4. The van der Waals surface area contributed by atoms with Crippen molar-refractivity contribution in [3.05, 3.63) is 65.7 Å². The van der Waals surface area contributed by atoms with E-state index in [2.05, 4.69) is 10.6 Å². The maximum Gasteiger partial charge on any atom is 0.329 e. The molecule has 2 N–H and O–H groups in total. The molecule has 2 amide bonds. The molecule has 0 spiro atoms. The highest BCUT2D eigenvalue weighted by molar-refractivity contribution is 5.87. The van der Waals surface area contributed by atoms with Gasteiger partial charge in [-0.15, -0.1) is 0 Å². The molecular weight excluding hydrogens is 396 g/mol. The quantitative estimate of drug-likeness (QED) is 0.425. The van der Waals surface area contributed by atoms with Crippen LogP contribution < -0.4 is 15.4 Å². The van der Waals surface area contributed by atoms with Crippen LogP contribution in [-0.4, -0.2) is 43.6 Å². The van der Waals surface area contributed by atoms with Crippen molar-refractivity contribution in [2.45, 2.75) is 33.2 Å². The van der Waals surface area contributed by atoms with Crippen molar-refractivity contribution in [1.29, 1.82) is 0 Å². The van der Waals surface area contributed by atoms with Crippen LogP contribution in [-0.2, 0) is 25.5 Å². The lowest BCUT2D eigenvalue weighted by atomic mass is 10.0. The summed E-state index contributed by atoms with van der Waals surface area (Å²) in [5, 5.41) is 5.33. The molecule has 0 unspecified atom stereocenters. The second-order valence-electron chi connectivity index (χ2n) is 7.57. The number of hydrogen-bond acceptors (Lipinski definition) is 5. The zero-order valence-electron chi connectivity index (χ0n) is 18.2. The third-order valence-corrected chi connectivity index (χ3v) is 4.47. The Kier molecular flexibility index (Phi) is 9.55. The number of esters is 1. The van der Waals surface area contributed by atoms with E-state index in [1.165, 1.54) is 0 Å². The van der Waals surface area contributed by atoms with Crippen LogP contribution in [0.25, 0.3) is 0 Å². The van der Waals surface area contributed by atoms with Crippen molar-refractivity contribution in [3.8, 4) is 5.75 Å². The highest BCUT2D eigenvalue weighted by Gasteiger charge is 2.26. The van der Waals surface area contributed by atoms with E-state index in [1.807, 2.05) is 61.5 Å². The van der Waals surface area contributed by atoms with E-state index in [9.17, 15) is 14.4 Å². The Morgan fingerprint density at radius 2 is 1.71 bits per heavy atom. The molecule has 7 heteroatoms. The molecule has 0 saturated heterocycles. The lowest BCUT2D eigenvalue weighted by Gasteiger charge is -2.20. The molecule has 0 aliphatic heterocycles. The van der Waals surface area contributed by atoms with Gasteiger partial charge in [-0.05, 0) is 36.1 Å². The molecule has 31 heavy (non-hydrogen) atoms. The van der Waals surface area contributed by atoms with Crippen LogP contribution in [0, 0.1) is 12.8 Å². The number of benzene rings is 2. The van der Waals surface area contributed by atoms with Gasteiger partial charge >= 0.3 is 5.97 Å². The summed E-state index contributed by atoms with van der Waals surface area (Å²) in [6.45, 7) is 5.74. The molecule has 0 heterocycles. The fourth-order valence-corrected chi connectivity index (χ4v) is 2.85. The minimum Gasteiger partial charge on any atom is -0.492 e. The van der Waals surface area contributed by atoms with Gasteiger partial charge in [0.1, 0.15) is 18.4 Å². The van der Waals surface area contributed by atoms with Gasteiger partial charge in [0.15, 0.2) is 6.61 Å². The van der Waals surface area contributed by atoms with Crippen molar-refractivity contribution in [2.75, 3.05) is 19.8 Å². The van der Waals surface area contributed by atoms with Gasteiger partial charge in [-0.2, -0.15) is 0 Å². The first-order chi connectivity index (χ1) is 14.8. The summed E-state index contributed by atoms with van der Waals surface area (Å²) in [5.74, 6) is -0.800. The molecular formula is C24H30N2O5. The first-order valence-corrected chi connectivity index (χ1v) is 10.3. The van der Waals surface area contributed by atoms with Crippen LogP contribution in [0.5, 0.6) is 5.75 Å². The number of aryl methyl sites for hydroxylation is 1. The number of carbonyl (C=O) groups excluding carboxylic acids is 3. The first-order valence-electron chi connectivity index (χ1n) is 10.3. The predicted molar refractivity (Wildman–Crippen MR) is 118 cm³/mol. The number of ether oxygens (including phenoxy) is 2. The molecule has 7 nitrogen and oxygen atoms in total. The topological polar surface area (TPSA) is 93.7 Å².